The third kappa shape index (κ3) is 4.95. The molecule has 0 bridgehead atoms. The van der Waals surface area contributed by atoms with Crippen molar-refractivity contribution in [1.29, 1.82) is 0 Å². The Morgan fingerprint density at radius 3 is 2.85 bits per heavy atom. The van der Waals surface area contributed by atoms with E-state index < -0.39 is 18.5 Å². The molecule has 1 aliphatic rings. The van der Waals surface area contributed by atoms with Gasteiger partial charge in [0, 0.05) is 12.7 Å². The van der Waals surface area contributed by atoms with Crippen LogP contribution in [0.3, 0.4) is 0 Å². The lowest BCUT2D eigenvalue weighted by atomic mass is 10.2. The Balaban J connectivity index is 1.46. The molecule has 1 aromatic heterocycles. The third-order valence-corrected chi connectivity index (χ3v) is 3.93. The standard InChI is InChI=1S/C18H16ClN3O5/c19-12-5-6-15(20-9-12)21-16(23)10-27-18(25)7-8-22-13-3-1-2-4-14(13)26-11-17(22)24/h1-6,9H,7-8,10-11H2,(H,20,21,23). The lowest BCUT2D eigenvalue weighted by molar-refractivity contribution is -0.147. The van der Waals surface area contributed by atoms with Gasteiger partial charge < -0.3 is 19.7 Å². The average Bonchev–Trinajstić information content (AvgIpc) is 2.67. The highest BCUT2D eigenvalue weighted by atomic mass is 35.5. The monoisotopic (exact) mass is 389 g/mol. The Morgan fingerprint density at radius 2 is 2.07 bits per heavy atom. The van der Waals surface area contributed by atoms with Crippen molar-refractivity contribution in [3.63, 3.8) is 0 Å². The number of nitrogens with one attached hydrogen (secondary N) is 1. The molecule has 9 heteroatoms. The van der Waals surface area contributed by atoms with Crippen LogP contribution in [0.25, 0.3) is 0 Å². The number of halogens is 1. The van der Waals surface area contributed by atoms with Crippen molar-refractivity contribution in [1.82, 2.24) is 4.98 Å². The zero-order valence-corrected chi connectivity index (χ0v) is 14.9. The van der Waals surface area contributed by atoms with Crippen LogP contribution >= 0.6 is 11.6 Å². The van der Waals surface area contributed by atoms with Crippen molar-refractivity contribution >= 4 is 40.9 Å². The molecule has 0 spiro atoms. The number of amides is 2. The van der Waals surface area contributed by atoms with E-state index in [4.69, 9.17) is 21.1 Å². The lowest BCUT2D eigenvalue weighted by Gasteiger charge is -2.28. The quantitative estimate of drug-likeness (QED) is 0.759. The maximum atomic E-state index is 12.0. The summed E-state index contributed by atoms with van der Waals surface area (Å²) in [6.07, 6.45) is 1.34. The summed E-state index contributed by atoms with van der Waals surface area (Å²) < 4.78 is 10.3. The van der Waals surface area contributed by atoms with Crippen LogP contribution in [0.1, 0.15) is 6.42 Å². The molecule has 0 atom stereocenters. The summed E-state index contributed by atoms with van der Waals surface area (Å²) >= 11 is 5.71. The maximum absolute atomic E-state index is 12.0. The van der Waals surface area contributed by atoms with Gasteiger partial charge in [0.25, 0.3) is 11.8 Å². The number of fused-ring (bicyclic) bond motifs is 1. The van der Waals surface area contributed by atoms with E-state index in [1.807, 2.05) is 0 Å². The number of para-hydroxylation sites is 2. The van der Waals surface area contributed by atoms with Crippen LogP contribution < -0.4 is 15.0 Å². The Kier molecular flexibility index (Phi) is 5.87. The number of esters is 1. The minimum atomic E-state index is -0.592. The Labute approximate surface area is 160 Å². The Hall–Kier alpha value is -3.13. The Morgan fingerprint density at radius 1 is 1.26 bits per heavy atom. The molecule has 0 radical (unpaired) electrons. The molecule has 1 aliphatic heterocycles. The fourth-order valence-electron chi connectivity index (χ4n) is 2.45. The molecular weight excluding hydrogens is 374 g/mol. The van der Waals surface area contributed by atoms with Gasteiger partial charge in [0.15, 0.2) is 13.2 Å². The van der Waals surface area contributed by atoms with Crippen molar-refractivity contribution in [2.24, 2.45) is 0 Å². The van der Waals surface area contributed by atoms with Crippen LogP contribution in [0.4, 0.5) is 11.5 Å². The van der Waals surface area contributed by atoms with E-state index in [2.05, 4.69) is 10.3 Å². The average molecular weight is 390 g/mol. The first kappa shape index (κ1) is 18.7. The smallest absolute Gasteiger partial charge is 0.308 e. The second-order valence-electron chi connectivity index (χ2n) is 5.62. The van der Waals surface area contributed by atoms with Gasteiger partial charge in [0.05, 0.1) is 17.1 Å². The van der Waals surface area contributed by atoms with E-state index in [0.29, 0.717) is 22.3 Å². The summed E-state index contributed by atoms with van der Waals surface area (Å²) in [6, 6.07) is 10.2. The van der Waals surface area contributed by atoms with E-state index in [0.717, 1.165) is 0 Å². The normalized spacial score (nSPS) is 12.8. The molecule has 2 heterocycles. The van der Waals surface area contributed by atoms with Gasteiger partial charge >= 0.3 is 5.97 Å². The van der Waals surface area contributed by atoms with E-state index in [1.165, 1.54) is 17.2 Å². The molecular formula is C18H16ClN3O5. The zero-order chi connectivity index (χ0) is 19.2. The largest absolute Gasteiger partial charge is 0.482 e. The number of anilines is 2. The van der Waals surface area contributed by atoms with Crippen LogP contribution in [-0.4, -0.2) is 42.5 Å². The van der Waals surface area contributed by atoms with Crippen LogP contribution in [0.2, 0.25) is 5.02 Å². The topological polar surface area (TPSA) is 97.8 Å². The van der Waals surface area contributed by atoms with Crippen LogP contribution in [0, 0.1) is 0 Å². The summed E-state index contributed by atoms with van der Waals surface area (Å²) in [5.74, 6) is -0.471. The fraction of sp³-hybridized carbons (Fsp3) is 0.222. The summed E-state index contributed by atoms with van der Waals surface area (Å²) in [6.45, 7) is -0.391. The van der Waals surface area contributed by atoms with E-state index in [9.17, 15) is 14.4 Å². The molecule has 140 valence electrons. The van der Waals surface area contributed by atoms with E-state index in [1.54, 1.807) is 30.3 Å². The summed E-state index contributed by atoms with van der Waals surface area (Å²) in [7, 11) is 0. The zero-order valence-electron chi connectivity index (χ0n) is 14.2. The summed E-state index contributed by atoms with van der Waals surface area (Å²) in [5, 5.41) is 2.93. The number of pyridine rings is 1. The van der Waals surface area contributed by atoms with Crippen molar-refractivity contribution < 1.29 is 23.9 Å². The van der Waals surface area contributed by atoms with Crippen LogP contribution in [-0.2, 0) is 19.1 Å². The SMILES string of the molecule is O=C(COC(=O)CCN1C(=O)COc2ccccc21)Nc1ccc(Cl)cn1. The van der Waals surface area contributed by atoms with Gasteiger partial charge in [-0.1, -0.05) is 23.7 Å². The first-order chi connectivity index (χ1) is 13.0. The molecule has 0 aliphatic carbocycles. The van der Waals surface area contributed by atoms with Gasteiger partial charge in [-0.05, 0) is 24.3 Å². The molecule has 8 nitrogen and oxygen atoms in total. The number of hydrogen-bond acceptors (Lipinski definition) is 6. The minimum Gasteiger partial charge on any atom is -0.482 e. The van der Waals surface area contributed by atoms with E-state index >= 15 is 0 Å². The highest BCUT2D eigenvalue weighted by Crippen LogP contribution is 2.31. The van der Waals surface area contributed by atoms with Gasteiger partial charge in [-0.25, -0.2) is 4.98 Å². The molecule has 2 aromatic rings. The molecule has 0 saturated heterocycles. The molecule has 1 N–H and O–H groups in total. The highest BCUT2D eigenvalue weighted by molar-refractivity contribution is 6.30. The molecule has 2 amide bonds. The fourth-order valence-corrected chi connectivity index (χ4v) is 2.56. The van der Waals surface area contributed by atoms with Gasteiger partial charge in [-0.2, -0.15) is 0 Å². The summed E-state index contributed by atoms with van der Waals surface area (Å²) in [5.41, 5.74) is 0.605. The molecule has 3 rings (SSSR count). The van der Waals surface area contributed by atoms with Crippen molar-refractivity contribution in [2.45, 2.75) is 6.42 Å². The predicted molar refractivity (Wildman–Crippen MR) is 97.7 cm³/mol. The molecule has 27 heavy (non-hydrogen) atoms. The first-order valence-corrected chi connectivity index (χ1v) is 8.50. The number of ether oxygens (including phenoxy) is 2. The van der Waals surface area contributed by atoms with Crippen molar-refractivity contribution in [2.75, 3.05) is 30.0 Å². The van der Waals surface area contributed by atoms with E-state index in [-0.39, 0.29) is 25.5 Å². The molecule has 1 aromatic carbocycles. The highest BCUT2D eigenvalue weighted by Gasteiger charge is 2.25. The van der Waals surface area contributed by atoms with Gasteiger partial charge in [0.2, 0.25) is 0 Å². The Bertz CT molecular complexity index is 856. The van der Waals surface area contributed by atoms with Crippen molar-refractivity contribution in [3.05, 3.63) is 47.6 Å². The first-order valence-electron chi connectivity index (χ1n) is 8.12. The molecule has 0 unspecified atom stereocenters. The number of carbonyl (C=O) groups excluding carboxylic acids is 3. The number of nitrogens with zero attached hydrogens (tertiary/aromatic N) is 2. The second kappa shape index (κ2) is 8.50. The number of hydrogen-bond donors (Lipinski definition) is 1. The van der Waals surface area contributed by atoms with Crippen LogP contribution in [0.5, 0.6) is 5.75 Å². The number of rotatable bonds is 6. The summed E-state index contributed by atoms with van der Waals surface area (Å²) in [4.78, 5) is 41.1. The third-order valence-electron chi connectivity index (χ3n) is 3.71. The van der Waals surface area contributed by atoms with Gasteiger partial charge in [0.1, 0.15) is 11.6 Å². The van der Waals surface area contributed by atoms with Crippen molar-refractivity contribution in [3.8, 4) is 5.75 Å². The van der Waals surface area contributed by atoms with Crippen LogP contribution in [0.15, 0.2) is 42.6 Å². The molecule has 0 saturated carbocycles. The second-order valence-corrected chi connectivity index (χ2v) is 6.06. The lowest BCUT2D eigenvalue weighted by Crippen LogP contribution is -2.40. The maximum Gasteiger partial charge on any atom is 0.308 e. The predicted octanol–water partition coefficient (Wildman–Crippen LogP) is 2.03. The van der Waals surface area contributed by atoms with Gasteiger partial charge in [-0.15, -0.1) is 0 Å². The number of carbonyl (C=O) groups is 3. The molecule has 0 fully saturated rings. The minimum absolute atomic E-state index is 0.0491. The number of aromatic nitrogens is 1. The number of benzene rings is 1. The van der Waals surface area contributed by atoms with Gasteiger partial charge in [-0.3, -0.25) is 14.4 Å².